The third-order valence-electron chi connectivity index (χ3n) is 7.59. The Bertz CT molecular complexity index is 2100. The number of nitro benzene ring substituents is 2. The van der Waals surface area contributed by atoms with Crippen LogP contribution in [0.1, 0.15) is 33.4 Å². The first kappa shape index (κ1) is 34.3. The maximum Gasteiger partial charge on any atom is 0.480 e. The minimum absolute atomic E-state index is 0.0972. The highest BCUT2D eigenvalue weighted by molar-refractivity contribution is 14.1. The molecule has 0 atom stereocenters. The standard InChI is InChI=1S/C17H12N2O4.C9H9BO4.C8H5IN2O2/c20-19(21)13-3-4-14-12(8-13)9-18-15(14)5-1-11-2-6-16-17(7-11)23-10-22-16;11-10(12)4-3-7-1-2-8-9(5-7)14-6-13-8;9-8-7-2-1-6(11(12)13)3-5(7)4-10-8/h1-8H,9-10H2;1-5,11-12H,6H2;1-3H,4H2/b5-1+;4-3+;. The minimum atomic E-state index is -1.43. The van der Waals surface area contributed by atoms with Crippen molar-refractivity contribution in [2.45, 2.75) is 13.1 Å². The summed E-state index contributed by atoms with van der Waals surface area (Å²) in [4.78, 5) is 29.1. The predicted octanol–water partition coefficient (Wildman–Crippen LogP) is 6.07. The van der Waals surface area contributed by atoms with Gasteiger partial charge in [0.05, 0.1) is 28.6 Å². The zero-order chi connectivity index (χ0) is 35.2. The molecule has 4 aromatic carbocycles. The summed E-state index contributed by atoms with van der Waals surface area (Å²) in [7, 11) is -1.43. The smallest absolute Gasteiger partial charge is 0.454 e. The molecule has 14 nitrogen and oxygen atoms in total. The molecule has 0 bridgehead atoms. The lowest BCUT2D eigenvalue weighted by molar-refractivity contribution is -0.385. The molecular formula is C34H26BIN4O10. The Morgan fingerprint density at radius 2 is 1.18 bits per heavy atom. The average Bonchev–Trinajstić information content (AvgIpc) is 3.93. The lowest BCUT2D eigenvalue weighted by Gasteiger charge is -2.00. The molecule has 8 rings (SSSR count). The van der Waals surface area contributed by atoms with Crippen molar-refractivity contribution in [3.05, 3.63) is 138 Å². The third kappa shape index (κ3) is 8.16. The van der Waals surface area contributed by atoms with Crippen LogP contribution in [0, 0.1) is 20.2 Å². The van der Waals surface area contributed by atoms with Crippen LogP contribution in [0.3, 0.4) is 0 Å². The van der Waals surface area contributed by atoms with Gasteiger partial charge in [0.25, 0.3) is 11.4 Å². The molecule has 4 aromatic rings. The van der Waals surface area contributed by atoms with Gasteiger partial charge < -0.3 is 29.0 Å². The Kier molecular flexibility index (Phi) is 10.5. The van der Waals surface area contributed by atoms with E-state index in [2.05, 4.69) is 32.6 Å². The Balaban J connectivity index is 0.000000138. The molecule has 50 heavy (non-hydrogen) atoms. The highest BCUT2D eigenvalue weighted by atomic mass is 127. The van der Waals surface area contributed by atoms with Crippen LogP contribution >= 0.6 is 22.6 Å². The molecule has 4 heterocycles. The number of fused-ring (bicyclic) bond motifs is 4. The number of nitro groups is 2. The first-order valence-electron chi connectivity index (χ1n) is 15.0. The molecular weight excluding hydrogens is 762 g/mol. The summed E-state index contributed by atoms with van der Waals surface area (Å²) in [5.41, 5.74) is 6.66. The van der Waals surface area contributed by atoms with Crippen molar-refractivity contribution >= 4 is 62.7 Å². The second-order valence-corrected chi connectivity index (χ2v) is 11.9. The zero-order valence-corrected chi connectivity index (χ0v) is 28.1. The Hall–Kier alpha value is -5.59. The van der Waals surface area contributed by atoms with Gasteiger partial charge in [0.1, 0.15) is 3.72 Å². The summed E-state index contributed by atoms with van der Waals surface area (Å²) in [6.45, 7) is 1.53. The fourth-order valence-electron chi connectivity index (χ4n) is 5.14. The van der Waals surface area contributed by atoms with Crippen molar-refractivity contribution < 1.29 is 38.8 Å². The van der Waals surface area contributed by atoms with E-state index in [1.54, 1.807) is 42.5 Å². The first-order valence-corrected chi connectivity index (χ1v) is 16.0. The number of ether oxygens (including phenoxy) is 4. The number of aliphatic imine (C=N–C) groups is 2. The monoisotopic (exact) mass is 788 g/mol. The van der Waals surface area contributed by atoms with Crippen LogP contribution in [-0.2, 0) is 13.1 Å². The van der Waals surface area contributed by atoms with Gasteiger partial charge in [0, 0.05) is 35.4 Å². The average molecular weight is 788 g/mol. The van der Waals surface area contributed by atoms with E-state index in [1.165, 1.54) is 18.1 Å². The largest absolute Gasteiger partial charge is 0.480 e. The van der Waals surface area contributed by atoms with E-state index < -0.39 is 7.12 Å². The van der Waals surface area contributed by atoms with Crippen molar-refractivity contribution in [3.8, 4) is 23.0 Å². The number of non-ortho nitro benzene ring substituents is 2. The predicted molar refractivity (Wildman–Crippen MR) is 194 cm³/mol. The molecule has 4 aliphatic heterocycles. The van der Waals surface area contributed by atoms with E-state index in [0.29, 0.717) is 24.6 Å². The van der Waals surface area contributed by atoms with Crippen LogP contribution in [0.4, 0.5) is 11.4 Å². The summed E-state index contributed by atoms with van der Waals surface area (Å²) >= 11 is 2.13. The van der Waals surface area contributed by atoms with E-state index in [9.17, 15) is 20.2 Å². The van der Waals surface area contributed by atoms with Gasteiger partial charge in [0.15, 0.2) is 23.0 Å². The molecule has 0 unspecified atom stereocenters. The molecule has 0 spiro atoms. The van der Waals surface area contributed by atoms with Gasteiger partial charge in [0.2, 0.25) is 13.6 Å². The summed E-state index contributed by atoms with van der Waals surface area (Å²) in [6, 6.07) is 20.8. The molecule has 0 saturated carbocycles. The molecule has 2 N–H and O–H groups in total. The lowest BCUT2D eigenvalue weighted by atomic mass is 9.91. The van der Waals surface area contributed by atoms with Crippen molar-refractivity contribution in [3.63, 3.8) is 0 Å². The molecule has 0 fully saturated rings. The molecule has 0 radical (unpaired) electrons. The van der Waals surface area contributed by atoms with Gasteiger partial charge in [-0.25, -0.2) is 0 Å². The molecule has 0 saturated heterocycles. The maximum atomic E-state index is 10.8. The van der Waals surface area contributed by atoms with E-state index in [0.717, 1.165) is 54.3 Å². The fraction of sp³-hybridized carbons (Fsp3) is 0.118. The van der Waals surface area contributed by atoms with Crippen LogP contribution in [-0.4, -0.2) is 50.0 Å². The summed E-state index contributed by atoms with van der Waals surface area (Å²) in [5, 5.41) is 38.5. The number of benzene rings is 4. The van der Waals surface area contributed by atoms with E-state index >= 15 is 0 Å². The first-order chi connectivity index (χ1) is 24.1. The number of rotatable bonds is 6. The van der Waals surface area contributed by atoms with Gasteiger partial charge in [-0.15, -0.1) is 0 Å². The van der Waals surface area contributed by atoms with Crippen LogP contribution in [0.2, 0.25) is 0 Å². The van der Waals surface area contributed by atoms with Crippen molar-refractivity contribution in [1.29, 1.82) is 0 Å². The lowest BCUT2D eigenvalue weighted by Crippen LogP contribution is -2.05. The normalized spacial score (nSPS) is 14.2. The Morgan fingerprint density at radius 3 is 1.76 bits per heavy atom. The van der Waals surface area contributed by atoms with Gasteiger partial charge in [-0.3, -0.25) is 30.2 Å². The topological polar surface area (TPSA) is 188 Å². The van der Waals surface area contributed by atoms with Gasteiger partial charge in [-0.05, 0) is 87.3 Å². The zero-order valence-electron chi connectivity index (χ0n) is 26.0. The number of allylic oxidation sites excluding steroid dienone is 1. The maximum absolute atomic E-state index is 10.8. The Morgan fingerprint density at radius 1 is 0.660 bits per heavy atom. The molecule has 0 aromatic heterocycles. The summed E-state index contributed by atoms with van der Waals surface area (Å²) in [5.74, 6) is 4.15. The van der Waals surface area contributed by atoms with Gasteiger partial charge >= 0.3 is 7.12 Å². The summed E-state index contributed by atoms with van der Waals surface area (Å²) in [6.07, 6.45) is 5.46. The molecule has 252 valence electrons. The van der Waals surface area contributed by atoms with E-state index in [4.69, 9.17) is 29.0 Å². The molecule has 0 aliphatic carbocycles. The van der Waals surface area contributed by atoms with Gasteiger partial charge in [-0.2, -0.15) is 0 Å². The van der Waals surface area contributed by atoms with Gasteiger partial charge in [-0.1, -0.05) is 30.3 Å². The van der Waals surface area contributed by atoms with E-state index in [1.807, 2.05) is 36.4 Å². The number of halogens is 1. The molecule has 16 heteroatoms. The third-order valence-corrected chi connectivity index (χ3v) is 8.52. The Labute approximate surface area is 298 Å². The van der Waals surface area contributed by atoms with Crippen molar-refractivity contribution in [2.75, 3.05) is 13.6 Å². The highest BCUT2D eigenvalue weighted by Gasteiger charge is 2.19. The quantitative estimate of drug-likeness (QED) is 0.100. The van der Waals surface area contributed by atoms with Crippen LogP contribution < -0.4 is 18.9 Å². The van der Waals surface area contributed by atoms with Crippen LogP contribution in [0.15, 0.2) is 94.8 Å². The highest BCUT2D eigenvalue weighted by Crippen LogP contribution is 2.34. The SMILES string of the molecule is O=[N+]([O-])c1ccc2c(c1)CN=C2/C=C/c1ccc2c(c1)OCO2.O=[N+]([O-])c1ccc2c(c1)CN=C2I.OB(O)/C=C/c1ccc2c(c1)OCO2. The second kappa shape index (κ2) is 15.3. The summed E-state index contributed by atoms with van der Waals surface area (Å²) < 4.78 is 21.9. The molecule has 4 aliphatic rings. The van der Waals surface area contributed by atoms with Crippen molar-refractivity contribution in [1.82, 2.24) is 0 Å². The minimum Gasteiger partial charge on any atom is -0.454 e. The van der Waals surface area contributed by atoms with Crippen LogP contribution in [0.25, 0.3) is 12.2 Å². The number of hydrogen-bond acceptors (Lipinski definition) is 12. The fourth-order valence-corrected chi connectivity index (χ4v) is 5.84. The van der Waals surface area contributed by atoms with Crippen LogP contribution in [0.5, 0.6) is 23.0 Å². The number of nitrogens with zero attached hydrogens (tertiary/aromatic N) is 4. The molecule has 0 amide bonds. The van der Waals surface area contributed by atoms with Crippen molar-refractivity contribution in [2.24, 2.45) is 9.98 Å². The van der Waals surface area contributed by atoms with E-state index in [-0.39, 0.29) is 34.8 Å². The second-order valence-electron chi connectivity index (χ2n) is 10.8. The number of hydrogen-bond donors (Lipinski definition) is 2.